The second-order valence-corrected chi connectivity index (χ2v) is 10.1. The number of rotatable bonds is 4. The molecule has 0 aromatic heterocycles. The van der Waals surface area contributed by atoms with Crippen molar-refractivity contribution in [2.24, 2.45) is 5.92 Å². The third-order valence-corrected chi connectivity index (χ3v) is 8.45. The quantitative estimate of drug-likeness (QED) is 0.591. The first kappa shape index (κ1) is 21.0. The Bertz CT molecular complexity index is 1060. The van der Waals surface area contributed by atoms with Gasteiger partial charge in [0.1, 0.15) is 11.8 Å². The van der Waals surface area contributed by atoms with Crippen molar-refractivity contribution in [3.8, 4) is 11.5 Å². The summed E-state index contributed by atoms with van der Waals surface area (Å²) in [5.41, 5.74) is 0.151. The van der Waals surface area contributed by atoms with Crippen LogP contribution in [0.25, 0.3) is 0 Å². The van der Waals surface area contributed by atoms with E-state index in [-0.39, 0.29) is 11.7 Å². The molecule has 2 bridgehead atoms. The minimum Gasteiger partial charge on any atom is -0.504 e. The molecule has 3 N–H and O–H groups in total. The van der Waals surface area contributed by atoms with Crippen molar-refractivity contribution < 1.29 is 34.0 Å². The lowest BCUT2D eigenvalue weighted by Gasteiger charge is -2.59. The summed E-state index contributed by atoms with van der Waals surface area (Å²) >= 11 is 0. The van der Waals surface area contributed by atoms with Crippen LogP contribution >= 0.6 is 0 Å². The molecule has 2 heterocycles. The average molecular weight is 456 g/mol. The number of carbonyl (C=O) groups excluding carboxylic acids is 2. The molecule has 8 nitrogen and oxygen atoms in total. The van der Waals surface area contributed by atoms with Crippen LogP contribution in [-0.4, -0.2) is 52.5 Å². The Morgan fingerprint density at radius 2 is 2.12 bits per heavy atom. The highest BCUT2D eigenvalue weighted by atomic mass is 16.6. The smallest absolute Gasteiger partial charge is 0.352 e. The lowest BCUT2D eigenvalue weighted by molar-refractivity contribution is -0.171. The molecule has 33 heavy (non-hydrogen) atoms. The lowest BCUT2D eigenvalue weighted by atomic mass is 9.47. The minimum absolute atomic E-state index is 0.0286. The van der Waals surface area contributed by atoms with E-state index in [2.05, 4.69) is 5.32 Å². The van der Waals surface area contributed by atoms with Gasteiger partial charge in [0.2, 0.25) is 0 Å². The number of benzene rings is 1. The summed E-state index contributed by atoms with van der Waals surface area (Å²) in [5.74, 6) is -0.332. The number of phenols is 1. The van der Waals surface area contributed by atoms with Gasteiger partial charge in [0, 0.05) is 5.56 Å². The molecule has 5 aliphatic rings. The summed E-state index contributed by atoms with van der Waals surface area (Å²) in [5, 5.41) is 25.6. The molecular weight excluding hydrogens is 426 g/mol. The topological polar surface area (TPSA) is 114 Å². The van der Waals surface area contributed by atoms with E-state index < -0.39 is 41.2 Å². The van der Waals surface area contributed by atoms with Crippen LogP contribution in [0.1, 0.15) is 56.6 Å². The molecule has 1 saturated carbocycles. The molecule has 2 fully saturated rings. The van der Waals surface area contributed by atoms with E-state index in [0.29, 0.717) is 30.8 Å². The van der Waals surface area contributed by atoms with E-state index in [0.717, 1.165) is 43.4 Å². The lowest BCUT2D eigenvalue weighted by Crippen LogP contribution is -2.67. The SMILES string of the molecule is C[C@H](OC(=O)[C@@H]1CCCN1)C(=O)OC1=CC[C@@]2(O)[C@@H]3CCCC24c2c(ccc(O)c2OC14)C3. The average Bonchev–Trinajstić information content (AvgIpc) is 3.43. The second kappa shape index (κ2) is 7.21. The molecule has 8 heteroatoms. The molecule has 3 aliphatic carbocycles. The fourth-order valence-corrected chi connectivity index (χ4v) is 6.92. The zero-order chi connectivity index (χ0) is 23.0. The van der Waals surface area contributed by atoms with E-state index in [1.807, 2.05) is 6.07 Å². The number of hydrogen-bond donors (Lipinski definition) is 3. The molecule has 6 atom stereocenters. The fraction of sp³-hybridized carbons (Fsp3) is 0.600. The maximum atomic E-state index is 12.9. The van der Waals surface area contributed by atoms with Crippen LogP contribution in [0.4, 0.5) is 0 Å². The van der Waals surface area contributed by atoms with Crippen LogP contribution in [0.5, 0.6) is 11.5 Å². The molecule has 0 radical (unpaired) electrons. The Morgan fingerprint density at radius 1 is 1.27 bits per heavy atom. The molecule has 6 rings (SSSR count). The number of aliphatic hydroxyl groups is 1. The van der Waals surface area contributed by atoms with Crippen LogP contribution < -0.4 is 10.1 Å². The van der Waals surface area contributed by atoms with Crippen molar-refractivity contribution in [1.82, 2.24) is 5.32 Å². The number of phenolic OH excluding ortho intramolecular Hbond substituents is 1. The summed E-state index contributed by atoms with van der Waals surface area (Å²) in [7, 11) is 0. The zero-order valence-corrected chi connectivity index (χ0v) is 18.6. The van der Waals surface area contributed by atoms with Gasteiger partial charge >= 0.3 is 11.9 Å². The Kier molecular flexibility index (Phi) is 4.58. The molecule has 0 amide bonds. The van der Waals surface area contributed by atoms with E-state index in [1.165, 1.54) is 6.92 Å². The van der Waals surface area contributed by atoms with Gasteiger partial charge in [-0.15, -0.1) is 0 Å². The minimum atomic E-state index is -1.07. The molecule has 1 spiro atoms. The maximum absolute atomic E-state index is 12.9. The summed E-state index contributed by atoms with van der Waals surface area (Å²) in [4.78, 5) is 25.2. The van der Waals surface area contributed by atoms with E-state index in [9.17, 15) is 19.8 Å². The van der Waals surface area contributed by atoms with Gasteiger partial charge in [0.05, 0.1) is 11.0 Å². The second-order valence-electron chi connectivity index (χ2n) is 10.1. The number of carbonyl (C=O) groups is 2. The van der Waals surface area contributed by atoms with Gasteiger partial charge in [0.25, 0.3) is 0 Å². The predicted octanol–water partition coefficient (Wildman–Crippen LogP) is 1.99. The van der Waals surface area contributed by atoms with Gasteiger partial charge in [-0.25, -0.2) is 4.79 Å². The Hall–Kier alpha value is -2.58. The molecule has 2 aliphatic heterocycles. The predicted molar refractivity (Wildman–Crippen MR) is 116 cm³/mol. The number of aromatic hydroxyl groups is 1. The summed E-state index contributed by atoms with van der Waals surface area (Å²) in [6, 6.07) is 3.16. The molecule has 176 valence electrons. The number of nitrogens with one attached hydrogen (secondary N) is 1. The van der Waals surface area contributed by atoms with Crippen LogP contribution in [0.3, 0.4) is 0 Å². The maximum Gasteiger partial charge on any atom is 0.352 e. The Morgan fingerprint density at radius 3 is 2.91 bits per heavy atom. The fourth-order valence-electron chi connectivity index (χ4n) is 6.92. The first-order valence-electron chi connectivity index (χ1n) is 11.9. The van der Waals surface area contributed by atoms with Crippen LogP contribution in [-0.2, 0) is 30.9 Å². The first-order valence-corrected chi connectivity index (χ1v) is 11.9. The highest BCUT2D eigenvalue weighted by molar-refractivity contribution is 5.82. The van der Waals surface area contributed by atoms with Gasteiger partial charge in [-0.3, -0.25) is 4.79 Å². The zero-order valence-electron chi connectivity index (χ0n) is 18.6. The van der Waals surface area contributed by atoms with Crippen molar-refractivity contribution in [1.29, 1.82) is 0 Å². The molecular formula is C25H29NO7. The molecule has 2 unspecified atom stereocenters. The van der Waals surface area contributed by atoms with E-state index in [4.69, 9.17) is 14.2 Å². The number of esters is 2. The van der Waals surface area contributed by atoms with Gasteiger partial charge in [-0.2, -0.15) is 0 Å². The number of hydrogen-bond acceptors (Lipinski definition) is 8. The van der Waals surface area contributed by atoms with Crippen LogP contribution in [0.15, 0.2) is 24.0 Å². The monoisotopic (exact) mass is 455 g/mol. The van der Waals surface area contributed by atoms with Gasteiger partial charge in [-0.05, 0) is 75.6 Å². The van der Waals surface area contributed by atoms with Crippen molar-refractivity contribution >= 4 is 11.9 Å². The van der Waals surface area contributed by atoms with Crippen molar-refractivity contribution in [3.05, 3.63) is 35.1 Å². The van der Waals surface area contributed by atoms with E-state index >= 15 is 0 Å². The third kappa shape index (κ3) is 2.77. The van der Waals surface area contributed by atoms with E-state index in [1.54, 1.807) is 12.1 Å². The van der Waals surface area contributed by atoms with Gasteiger partial charge in [-0.1, -0.05) is 12.5 Å². The highest BCUT2D eigenvalue weighted by Crippen LogP contribution is 2.67. The Labute approximate surface area is 191 Å². The standard InChI is InChI=1S/C25H29NO7/c1-13(31-23(29)16-5-3-11-26-16)22(28)32-18-8-10-25(30)15-4-2-9-24(25)19-14(12-15)6-7-17(27)20(19)33-21(18)24/h6-8,13,15-16,21,26-27,30H,2-5,9-12H2,1H3/t13-,15+,16-,21?,24?,25+/m0/s1. The summed E-state index contributed by atoms with van der Waals surface area (Å²) < 4.78 is 17.4. The summed E-state index contributed by atoms with van der Waals surface area (Å²) in [6.45, 7) is 2.25. The van der Waals surface area contributed by atoms with Gasteiger partial charge in [0.15, 0.2) is 23.7 Å². The van der Waals surface area contributed by atoms with Crippen LogP contribution in [0, 0.1) is 5.92 Å². The van der Waals surface area contributed by atoms with Crippen molar-refractivity contribution in [3.63, 3.8) is 0 Å². The molecule has 1 aromatic carbocycles. The van der Waals surface area contributed by atoms with Crippen LogP contribution in [0.2, 0.25) is 0 Å². The normalized spacial score (nSPS) is 36.3. The van der Waals surface area contributed by atoms with Crippen molar-refractivity contribution in [2.75, 3.05) is 6.54 Å². The summed E-state index contributed by atoms with van der Waals surface area (Å²) in [6.07, 6.45) is 5.14. The third-order valence-electron chi connectivity index (χ3n) is 8.45. The molecule has 1 aromatic rings. The van der Waals surface area contributed by atoms with Crippen molar-refractivity contribution in [2.45, 2.75) is 81.1 Å². The van der Waals surface area contributed by atoms with Gasteiger partial charge < -0.3 is 29.7 Å². The number of ether oxygens (including phenoxy) is 3. The molecule has 1 saturated heterocycles. The largest absolute Gasteiger partial charge is 0.504 e. The Balaban J connectivity index is 1.30. The highest BCUT2D eigenvalue weighted by Gasteiger charge is 2.70. The first-order chi connectivity index (χ1) is 15.8.